The molecule has 2 aromatic carbocycles. The Morgan fingerprint density at radius 3 is 2.55 bits per heavy atom. The third kappa shape index (κ3) is 1.99. The Kier molecular flexibility index (Phi) is 3.07. The van der Waals surface area contributed by atoms with Crippen LogP contribution in [0.1, 0.15) is 27.0 Å². The topological polar surface area (TPSA) is 30.0 Å². The number of carbonyl (C=O) groups is 1. The summed E-state index contributed by atoms with van der Waals surface area (Å²) < 4.78 is 0. The summed E-state index contributed by atoms with van der Waals surface area (Å²) in [4.78, 5) is 16.9. The van der Waals surface area contributed by atoms with Crippen LogP contribution in [-0.2, 0) is 0 Å². The molecule has 98 valence electrons. The normalized spacial score (nSPS) is 10.7. The van der Waals surface area contributed by atoms with Crippen molar-refractivity contribution in [3.05, 3.63) is 77.1 Å². The second-order valence-corrected chi connectivity index (χ2v) is 4.98. The van der Waals surface area contributed by atoms with Gasteiger partial charge in [0.25, 0.3) is 0 Å². The first-order valence-electron chi connectivity index (χ1n) is 6.62. The molecular weight excluding hydrogens is 246 g/mol. The summed E-state index contributed by atoms with van der Waals surface area (Å²) in [5.74, 6) is 0.0600. The average Bonchev–Trinajstić information content (AvgIpc) is 2.49. The maximum Gasteiger partial charge on any atom is 0.193 e. The largest absolute Gasteiger partial charge is 0.289 e. The maximum atomic E-state index is 12.8. The van der Waals surface area contributed by atoms with E-state index >= 15 is 0 Å². The van der Waals surface area contributed by atoms with E-state index in [4.69, 9.17) is 0 Å². The fourth-order valence-corrected chi connectivity index (χ4v) is 2.45. The van der Waals surface area contributed by atoms with Crippen LogP contribution in [0.3, 0.4) is 0 Å². The van der Waals surface area contributed by atoms with Crippen LogP contribution in [-0.4, -0.2) is 10.8 Å². The van der Waals surface area contributed by atoms with Crippen LogP contribution in [0.2, 0.25) is 0 Å². The molecule has 1 aromatic heterocycles. The van der Waals surface area contributed by atoms with E-state index in [1.165, 1.54) is 0 Å². The number of benzene rings is 2. The zero-order chi connectivity index (χ0) is 14.1. The Hall–Kier alpha value is -2.48. The number of pyridine rings is 1. The van der Waals surface area contributed by atoms with Crippen LogP contribution in [0.4, 0.5) is 0 Å². The lowest BCUT2D eigenvalue weighted by Gasteiger charge is -2.09. The number of fused-ring (bicyclic) bond motifs is 1. The second kappa shape index (κ2) is 4.89. The van der Waals surface area contributed by atoms with E-state index in [1.807, 2.05) is 56.3 Å². The van der Waals surface area contributed by atoms with E-state index in [9.17, 15) is 4.79 Å². The Balaban J connectivity index is 2.21. The quantitative estimate of drug-likeness (QED) is 0.650. The molecule has 0 aliphatic carbocycles. The van der Waals surface area contributed by atoms with Crippen molar-refractivity contribution in [2.45, 2.75) is 13.8 Å². The van der Waals surface area contributed by atoms with Gasteiger partial charge in [-0.05, 0) is 36.4 Å². The molecule has 2 nitrogen and oxygen atoms in total. The molecule has 3 aromatic rings. The third-order valence-electron chi connectivity index (χ3n) is 3.78. The van der Waals surface area contributed by atoms with Crippen molar-refractivity contribution >= 4 is 16.6 Å². The number of aryl methyl sites for hydroxylation is 1. The van der Waals surface area contributed by atoms with E-state index in [0.717, 1.165) is 27.5 Å². The molecule has 0 aliphatic rings. The molecule has 0 unspecified atom stereocenters. The number of nitrogens with zero attached hydrogens (tertiary/aromatic N) is 1. The molecule has 0 fully saturated rings. The summed E-state index contributed by atoms with van der Waals surface area (Å²) in [5, 5.41) is 1.94. The van der Waals surface area contributed by atoms with Gasteiger partial charge in [-0.2, -0.15) is 0 Å². The summed E-state index contributed by atoms with van der Waals surface area (Å²) in [6.45, 7) is 4.02. The van der Waals surface area contributed by atoms with Crippen LogP contribution >= 0.6 is 0 Å². The highest BCUT2D eigenvalue weighted by molar-refractivity contribution is 6.16. The molecule has 0 N–H and O–H groups in total. The smallest absolute Gasteiger partial charge is 0.193 e. The zero-order valence-electron chi connectivity index (χ0n) is 11.6. The van der Waals surface area contributed by atoms with Gasteiger partial charge in [-0.3, -0.25) is 9.78 Å². The molecule has 0 spiro atoms. The SMILES string of the molecule is Cc1cccc(C(=O)c2cccc3ccncc23)c1C. The number of rotatable bonds is 2. The fraction of sp³-hybridized carbons (Fsp3) is 0.111. The minimum absolute atomic E-state index is 0.0600. The second-order valence-electron chi connectivity index (χ2n) is 4.98. The Labute approximate surface area is 118 Å². The summed E-state index contributed by atoms with van der Waals surface area (Å²) in [6.07, 6.45) is 3.50. The third-order valence-corrected chi connectivity index (χ3v) is 3.78. The monoisotopic (exact) mass is 261 g/mol. The minimum atomic E-state index is 0.0600. The Morgan fingerprint density at radius 1 is 0.950 bits per heavy atom. The molecule has 20 heavy (non-hydrogen) atoms. The van der Waals surface area contributed by atoms with Crippen LogP contribution in [0, 0.1) is 13.8 Å². The molecule has 3 rings (SSSR count). The van der Waals surface area contributed by atoms with Gasteiger partial charge in [0.1, 0.15) is 0 Å². The summed E-state index contributed by atoms with van der Waals surface area (Å²) in [5.41, 5.74) is 3.65. The Morgan fingerprint density at radius 2 is 1.70 bits per heavy atom. The van der Waals surface area contributed by atoms with Crippen LogP contribution in [0.25, 0.3) is 10.8 Å². The lowest BCUT2D eigenvalue weighted by atomic mass is 9.94. The van der Waals surface area contributed by atoms with Crippen molar-refractivity contribution in [1.29, 1.82) is 0 Å². The van der Waals surface area contributed by atoms with E-state index in [2.05, 4.69) is 4.98 Å². The van der Waals surface area contributed by atoms with Crippen LogP contribution < -0.4 is 0 Å². The van der Waals surface area contributed by atoms with Crippen molar-refractivity contribution in [3.63, 3.8) is 0 Å². The zero-order valence-corrected chi connectivity index (χ0v) is 11.6. The maximum absolute atomic E-state index is 12.8. The first kappa shape index (κ1) is 12.5. The lowest BCUT2D eigenvalue weighted by molar-refractivity contribution is 0.103. The highest BCUT2D eigenvalue weighted by atomic mass is 16.1. The van der Waals surface area contributed by atoms with Crippen molar-refractivity contribution in [1.82, 2.24) is 4.98 Å². The van der Waals surface area contributed by atoms with Gasteiger partial charge in [-0.1, -0.05) is 36.4 Å². The fourth-order valence-electron chi connectivity index (χ4n) is 2.45. The van der Waals surface area contributed by atoms with Crippen LogP contribution in [0.15, 0.2) is 54.9 Å². The number of hydrogen-bond donors (Lipinski definition) is 0. The first-order chi connectivity index (χ1) is 9.68. The van der Waals surface area contributed by atoms with Gasteiger partial charge in [-0.25, -0.2) is 0 Å². The van der Waals surface area contributed by atoms with Crippen LogP contribution in [0.5, 0.6) is 0 Å². The number of ketones is 1. The standard InChI is InChI=1S/C18H15NO/c1-12-5-3-7-15(13(12)2)18(20)16-8-4-6-14-9-10-19-11-17(14)16/h3-11H,1-2H3. The Bertz CT molecular complexity index is 800. The molecule has 0 amide bonds. The molecule has 2 heteroatoms. The summed E-state index contributed by atoms with van der Waals surface area (Å²) in [7, 11) is 0. The number of hydrogen-bond acceptors (Lipinski definition) is 2. The predicted octanol–water partition coefficient (Wildman–Crippen LogP) is 4.08. The van der Waals surface area contributed by atoms with E-state index in [-0.39, 0.29) is 5.78 Å². The predicted molar refractivity (Wildman–Crippen MR) is 81.1 cm³/mol. The van der Waals surface area contributed by atoms with E-state index in [1.54, 1.807) is 12.4 Å². The molecular formula is C18H15NO. The molecule has 0 atom stereocenters. The van der Waals surface area contributed by atoms with Crippen molar-refractivity contribution < 1.29 is 4.79 Å². The van der Waals surface area contributed by atoms with E-state index < -0.39 is 0 Å². The van der Waals surface area contributed by atoms with Gasteiger partial charge in [0.05, 0.1) is 0 Å². The first-order valence-corrected chi connectivity index (χ1v) is 6.62. The number of carbonyl (C=O) groups excluding carboxylic acids is 1. The van der Waals surface area contributed by atoms with Crippen molar-refractivity contribution in [3.8, 4) is 0 Å². The number of aromatic nitrogens is 1. The molecule has 0 saturated heterocycles. The van der Waals surface area contributed by atoms with Crippen molar-refractivity contribution in [2.24, 2.45) is 0 Å². The lowest BCUT2D eigenvalue weighted by Crippen LogP contribution is -2.05. The van der Waals surface area contributed by atoms with Gasteiger partial charge in [-0.15, -0.1) is 0 Å². The van der Waals surface area contributed by atoms with Gasteiger partial charge in [0.2, 0.25) is 0 Å². The minimum Gasteiger partial charge on any atom is -0.289 e. The molecule has 0 bridgehead atoms. The molecule has 0 aliphatic heterocycles. The van der Waals surface area contributed by atoms with Gasteiger partial charge in [0.15, 0.2) is 5.78 Å². The summed E-state index contributed by atoms with van der Waals surface area (Å²) >= 11 is 0. The average molecular weight is 261 g/mol. The summed E-state index contributed by atoms with van der Waals surface area (Å²) in [6, 6.07) is 13.6. The van der Waals surface area contributed by atoms with Gasteiger partial charge < -0.3 is 0 Å². The van der Waals surface area contributed by atoms with Gasteiger partial charge >= 0.3 is 0 Å². The van der Waals surface area contributed by atoms with Crippen molar-refractivity contribution in [2.75, 3.05) is 0 Å². The molecule has 1 heterocycles. The highest BCUT2D eigenvalue weighted by Crippen LogP contribution is 2.23. The molecule has 0 radical (unpaired) electrons. The molecule has 0 saturated carbocycles. The highest BCUT2D eigenvalue weighted by Gasteiger charge is 2.15. The van der Waals surface area contributed by atoms with E-state index in [0.29, 0.717) is 5.56 Å². The van der Waals surface area contributed by atoms with Gasteiger partial charge in [0, 0.05) is 28.9 Å².